The Morgan fingerprint density at radius 1 is 1.67 bits per heavy atom. The number of carbonyl (C=O) groups excluding carboxylic acids is 1. The highest BCUT2D eigenvalue weighted by molar-refractivity contribution is 5.74. The zero-order chi connectivity index (χ0) is 11.1. The summed E-state index contributed by atoms with van der Waals surface area (Å²) in [5, 5.41) is 9.67. The number of unbranched alkanes of at least 4 members (excludes halogenated alkanes) is 2. The van der Waals surface area contributed by atoms with E-state index < -0.39 is 12.0 Å². The van der Waals surface area contributed by atoms with Crippen molar-refractivity contribution in [3.63, 3.8) is 0 Å². The summed E-state index contributed by atoms with van der Waals surface area (Å²) in [7, 11) is 0. The van der Waals surface area contributed by atoms with Crippen LogP contribution in [0.15, 0.2) is 0 Å². The maximum atomic E-state index is 11.3. The fourth-order valence-corrected chi connectivity index (χ4v) is 1.53. The minimum Gasteiger partial charge on any atom is -0.465 e. The van der Waals surface area contributed by atoms with Crippen LogP contribution in [-0.2, 0) is 9.53 Å². The van der Waals surface area contributed by atoms with Gasteiger partial charge in [0.1, 0.15) is 6.10 Å². The van der Waals surface area contributed by atoms with E-state index in [1.54, 1.807) is 0 Å². The van der Waals surface area contributed by atoms with Gasteiger partial charge in [-0.05, 0) is 19.3 Å². The van der Waals surface area contributed by atoms with Crippen molar-refractivity contribution in [2.24, 2.45) is 5.92 Å². The number of aliphatic hydroxyl groups is 1. The lowest BCUT2D eigenvalue weighted by molar-refractivity contribution is -0.156. The third-order valence-corrected chi connectivity index (χ3v) is 2.49. The van der Waals surface area contributed by atoms with E-state index in [2.05, 4.69) is 18.8 Å². The van der Waals surface area contributed by atoms with Crippen LogP contribution in [0.1, 0.15) is 39.0 Å². The van der Waals surface area contributed by atoms with Crippen molar-refractivity contribution in [3.8, 4) is 11.8 Å². The molecule has 15 heavy (non-hydrogen) atoms. The number of aliphatic hydroxyl groups excluding tert-OH is 1. The van der Waals surface area contributed by atoms with E-state index in [9.17, 15) is 9.90 Å². The van der Waals surface area contributed by atoms with Gasteiger partial charge in [0.15, 0.2) is 0 Å². The molecule has 0 spiro atoms. The predicted octanol–water partition coefficient (Wildman–Crippen LogP) is 1.49. The number of esters is 1. The van der Waals surface area contributed by atoms with Gasteiger partial charge in [0.2, 0.25) is 0 Å². The van der Waals surface area contributed by atoms with Crippen molar-refractivity contribution < 1.29 is 14.6 Å². The van der Waals surface area contributed by atoms with Gasteiger partial charge in [0, 0.05) is 6.42 Å². The Labute approximate surface area is 90.8 Å². The maximum Gasteiger partial charge on any atom is 0.312 e. The van der Waals surface area contributed by atoms with E-state index >= 15 is 0 Å². The topological polar surface area (TPSA) is 46.5 Å². The van der Waals surface area contributed by atoms with Crippen molar-refractivity contribution in [1.29, 1.82) is 0 Å². The highest BCUT2D eigenvalue weighted by Crippen LogP contribution is 2.18. The second kappa shape index (κ2) is 6.47. The second-order valence-corrected chi connectivity index (χ2v) is 3.79. The van der Waals surface area contributed by atoms with Gasteiger partial charge in [-0.2, -0.15) is 0 Å². The van der Waals surface area contributed by atoms with E-state index in [-0.39, 0.29) is 5.97 Å². The molecule has 0 aromatic rings. The molecule has 0 aliphatic carbocycles. The van der Waals surface area contributed by atoms with E-state index in [1.807, 2.05) is 0 Å². The van der Waals surface area contributed by atoms with Crippen LogP contribution in [0.3, 0.4) is 0 Å². The highest BCUT2D eigenvalue weighted by atomic mass is 16.5. The van der Waals surface area contributed by atoms with Crippen LogP contribution in [-0.4, -0.2) is 23.8 Å². The Morgan fingerprint density at radius 2 is 2.47 bits per heavy atom. The molecule has 1 saturated heterocycles. The molecule has 0 bridgehead atoms. The van der Waals surface area contributed by atoms with Crippen LogP contribution < -0.4 is 0 Å². The van der Waals surface area contributed by atoms with Crippen LogP contribution in [0.25, 0.3) is 0 Å². The summed E-state index contributed by atoms with van der Waals surface area (Å²) in [5.74, 6) is 4.87. The molecule has 0 amide bonds. The second-order valence-electron chi connectivity index (χ2n) is 3.79. The van der Waals surface area contributed by atoms with Gasteiger partial charge in [0.05, 0.1) is 12.5 Å². The van der Waals surface area contributed by atoms with Gasteiger partial charge in [-0.1, -0.05) is 19.3 Å². The molecular formula is C12H18O3. The number of carbonyl (C=O) groups is 1. The third-order valence-electron chi connectivity index (χ3n) is 2.49. The maximum absolute atomic E-state index is 11.3. The number of hydrogen-bond acceptors (Lipinski definition) is 3. The summed E-state index contributed by atoms with van der Waals surface area (Å²) in [6, 6.07) is 0. The average Bonchev–Trinajstić information content (AvgIpc) is 2.25. The third kappa shape index (κ3) is 3.93. The normalized spacial score (nSPS) is 22.5. The Kier molecular flexibility index (Phi) is 5.20. The molecule has 2 atom stereocenters. The summed E-state index contributed by atoms with van der Waals surface area (Å²) in [6.07, 6.45) is 3.57. The average molecular weight is 210 g/mol. The standard InChI is InChI=1S/C12H18O3/c1-2-3-4-5-8-11(13)10-7-6-9-15-12(10)14/h10-11,13H,2-4,6-7,9H2,1H3/t10-,11-/m1/s1. The number of ether oxygens (including phenoxy) is 1. The van der Waals surface area contributed by atoms with Gasteiger partial charge in [-0.15, -0.1) is 5.92 Å². The molecule has 3 heteroatoms. The van der Waals surface area contributed by atoms with Gasteiger partial charge in [-0.3, -0.25) is 4.79 Å². The first-order valence-electron chi connectivity index (χ1n) is 5.58. The molecule has 1 heterocycles. The Hall–Kier alpha value is -1.01. The SMILES string of the molecule is CCCCC#C[C@@H](O)[C@H]1CCCOC1=O. The molecule has 3 nitrogen and oxygen atoms in total. The summed E-state index contributed by atoms with van der Waals surface area (Å²) < 4.78 is 4.87. The van der Waals surface area contributed by atoms with Gasteiger partial charge in [-0.25, -0.2) is 0 Å². The van der Waals surface area contributed by atoms with Crippen molar-refractivity contribution in [2.75, 3.05) is 6.61 Å². The molecular weight excluding hydrogens is 192 g/mol. The smallest absolute Gasteiger partial charge is 0.312 e. The first-order chi connectivity index (χ1) is 7.25. The molecule has 1 aliphatic heterocycles. The molecule has 1 fully saturated rings. The molecule has 1 N–H and O–H groups in total. The Morgan fingerprint density at radius 3 is 3.13 bits per heavy atom. The molecule has 0 saturated carbocycles. The quantitative estimate of drug-likeness (QED) is 0.436. The first-order valence-corrected chi connectivity index (χ1v) is 5.58. The summed E-state index contributed by atoms with van der Waals surface area (Å²) in [4.78, 5) is 11.3. The minimum atomic E-state index is -0.852. The Bertz CT molecular complexity index is 262. The molecule has 0 radical (unpaired) electrons. The van der Waals surface area contributed by atoms with Gasteiger partial charge < -0.3 is 9.84 Å². The fraction of sp³-hybridized carbons (Fsp3) is 0.750. The van der Waals surface area contributed by atoms with Crippen LogP contribution in [0, 0.1) is 17.8 Å². The van der Waals surface area contributed by atoms with E-state index in [0.29, 0.717) is 13.0 Å². The molecule has 1 rings (SSSR count). The molecule has 1 aliphatic rings. The van der Waals surface area contributed by atoms with E-state index in [1.165, 1.54) is 0 Å². The van der Waals surface area contributed by atoms with Crippen LogP contribution >= 0.6 is 0 Å². The zero-order valence-corrected chi connectivity index (χ0v) is 9.16. The lowest BCUT2D eigenvalue weighted by Crippen LogP contribution is -2.32. The van der Waals surface area contributed by atoms with Crippen LogP contribution in [0.2, 0.25) is 0 Å². The first kappa shape index (κ1) is 12.1. The lowest BCUT2D eigenvalue weighted by atomic mass is 9.95. The molecule has 0 aromatic heterocycles. The van der Waals surface area contributed by atoms with Crippen molar-refractivity contribution in [1.82, 2.24) is 0 Å². The largest absolute Gasteiger partial charge is 0.465 e. The molecule has 84 valence electrons. The van der Waals surface area contributed by atoms with E-state index in [4.69, 9.17) is 4.74 Å². The summed E-state index contributed by atoms with van der Waals surface area (Å²) >= 11 is 0. The predicted molar refractivity (Wildman–Crippen MR) is 57.0 cm³/mol. The number of hydrogen-bond donors (Lipinski definition) is 1. The lowest BCUT2D eigenvalue weighted by Gasteiger charge is -2.22. The van der Waals surface area contributed by atoms with Crippen molar-refractivity contribution in [3.05, 3.63) is 0 Å². The monoisotopic (exact) mass is 210 g/mol. The molecule has 0 unspecified atom stereocenters. The zero-order valence-electron chi connectivity index (χ0n) is 9.16. The van der Waals surface area contributed by atoms with Crippen LogP contribution in [0.4, 0.5) is 0 Å². The van der Waals surface area contributed by atoms with E-state index in [0.717, 1.165) is 25.7 Å². The van der Waals surface area contributed by atoms with Crippen molar-refractivity contribution in [2.45, 2.75) is 45.1 Å². The van der Waals surface area contributed by atoms with Gasteiger partial charge in [0.25, 0.3) is 0 Å². The highest BCUT2D eigenvalue weighted by Gasteiger charge is 2.29. The van der Waals surface area contributed by atoms with Gasteiger partial charge >= 0.3 is 5.97 Å². The number of rotatable bonds is 3. The minimum absolute atomic E-state index is 0.307. The Balaban J connectivity index is 2.39. The summed E-state index contributed by atoms with van der Waals surface area (Å²) in [5.41, 5.74) is 0. The molecule has 0 aromatic carbocycles. The number of cyclic esters (lactones) is 1. The van der Waals surface area contributed by atoms with Crippen LogP contribution in [0.5, 0.6) is 0 Å². The summed E-state index contributed by atoms with van der Waals surface area (Å²) in [6.45, 7) is 2.57. The fourth-order valence-electron chi connectivity index (χ4n) is 1.53. The van der Waals surface area contributed by atoms with Crippen molar-refractivity contribution >= 4 is 5.97 Å².